The first kappa shape index (κ1) is 20.8. The quantitative estimate of drug-likeness (QED) is 0.473. The lowest BCUT2D eigenvalue weighted by atomic mass is 10.1. The first-order valence-corrected chi connectivity index (χ1v) is 10.4. The summed E-state index contributed by atoms with van der Waals surface area (Å²) in [5.41, 5.74) is 5.71. The maximum Gasteiger partial charge on any atom is 0.277 e. The summed E-state index contributed by atoms with van der Waals surface area (Å²) < 4.78 is 12.6. The Balaban J connectivity index is 1.51. The lowest BCUT2D eigenvalue weighted by Gasteiger charge is -2.29. The van der Waals surface area contributed by atoms with Gasteiger partial charge in [0.05, 0.1) is 23.9 Å². The number of anilines is 1. The molecule has 0 spiro atoms. The Kier molecular flexibility index (Phi) is 7.47. The predicted octanol–water partition coefficient (Wildman–Crippen LogP) is 3.89. The molecule has 0 saturated carbocycles. The highest BCUT2D eigenvalue weighted by Gasteiger charge is 2.11. The standard InChI is InChI=1S/C20H21Br2N3O3/c1-14-10-17(25-6-8-27-9-7-25)4-2-15(14)12-23-24-20(26)13-28-19-5-3-16(21)11-18(19)22/h2-5,10-12H,6-9,13H2,1H3,(H,24,26)/b23-12+. The van der Waals surface area contributed by atoms with Crippen LogP contribution in [0.2, 0.25) is 0 Å². The number of hydrogen-bond acceptors (Lipinski definition) is 5. The van der Waals surface area contributed by atoms with Gasteiger partial charge in [0, 0.05) is 23.2 Å². The summed E-state index contributed by atoms with van der Waals surface area (Å²) in [5, 5.41) is 4.04. The second-order valence-corrected chi connectivity index (χ2v) is 8.07. The summed E-state index contributed by atoms with van der Waals surface area (Å²) in [5.74, 6) is 0.269. The van der Waals surface area contributed by atoms with Crippen molar-refractivity contribution in [1.82, 2.24) is 5.43 Å². The molecule has 0 atom stereocenters. The summed E-state index contributed by atoms with van der Waals surface area (Å²) in [6, 6.07) is 11.7. The molecular weight excluding hydrogens is 490 g/mol. The Hall–Kier alpha value is -1.90. The van der Waals surface area contributed by atoms with E-state index in [-0.39, 0.29) is 12.5 Å². The number of morpholine rings is 1. The molecule has 2 aromatic carbocycles. The number of carbonyl (C=O) groups excluding carboxylic acids is 1. The number of aryl methyl sites for hydroxylation is 1. The second kappa shape index (κ2) is 10.0. The highest BCUT2D eigenvalue weighted by molar-refractivity contribution is 9.11. The van der Waals surface area contributed by atoms with E-state index < -0.39 is 0 Å². The van der Waals surface area contributed by atoms with Crippen molar-refractivity contribution in [2.75, 3.05) is 37.8 Å². The van der Waals surface area contributed by atoms with Crippen molar-refractivity contribution in [1.29, 1.82) is 0 Å². The molecule has 148 valence electrons. The van der Waals surface area contributed by atoms with Crippen LogP contribution in [0.4, 0.5) is 5.69 Å². The van der Waals surface area contributed by atoms with Gasteiger partial charge in [-0.3, -0.25) is 4.79 Å². The summed E-state index contributed by atoms with van der Waals surface area (Å²) in [6.45, 7) is 5.23. The molecule has 1 N–H and O–H groups in total. The third kappa shape index (κ3) is 5.80. The molecule has 0 aliphatic carbocycles. The van der Waals surface area contributed by atoms with Gasteiger partial charge in [0.1, 0.15) is 5.75 Å². The molecule has 1 heterocycles. The number of hydrogen-bond donors (Lipinski definition) is 1. The van der Waals surface area contributed by atoms with Crippen LogP contribution in [0.15, 0.2) is 50.4 Å². The van der Waals surface area contributed by atoms with Crippen LogP contribution >= 0.6 is 31.9 Å². The van der Waals surface area contributed by atoms with Crippen LogP contribution in [0, 0.1) is 6.92 Å². The fourth-order valence-electron chi connectivity index (χ4n) is 2.76. The number of amides is 1. The average molecular weight is 511 g/mol. The zero-order valence-electron chi connectivity index (χ0n) is 15.5. The highest BCUT2D eigenvalue weighted by Crippen LogP contribution is 2.28. The molecule has 1 fully saturated rings. The fraction of sp³-hybridized carbons (Fsp3) is 0.300. The van der Waals surface area contributed by atoms with Gasteiger partial charge in [-0.05, 0) is 64.3 Å². The summed E-state index contributed by atoms with van der Waals surface area (Å²) in [7, 11) is 0. The van der Waals surface area contributed by atoms with Crippen molar-refractivity contribution < 1.29 is 14.3 Å². The minimum Gasteiger partial charge on any atom is -0.483 e. The van der Waals surface area contributed by atoms with E-state index in [9.17, 15) is 4.79 Å². The van der Waals surface area contributed by atoms with E-state index in [1.54, 1.807) is 12.3 Å². The monoisotopic (exact) mass is 509 g/mol. The predicted molar refractivity (Wildman–Crippen MR) is 117 cm³/mol. The number of nitrogens with zero attached hydrogens (tertiary/aromatic N) is 2. The van der Waals surface area contributed by atoms with Crippen molar-refractivity contribution in [3.05, 3.63) is 56.5 Å². The number of ether oxygens (including phenoxy) is 2. The van der Waals surface area contributed by atoms with Gasteiger partial charge in [0.15, 0.2) is 6.61 Å². The van der Waals surface area contributed by atoms with Crippen LogP contribution in [-0.4, -0.2) is 45.0 Å². The molecule has 0 aromatic heterocycles. The zero-order chi connectivity index (χ0) is 19.9. The van der Waals surface area contributed by atoms with Gasteiger partial charge >= 0.3 is 0 Å². The molecule has 8 heteroatoms. The fourth-order valence-corrected chi connectivity index (χ4v) is 3.93. The van der Waals surface area contributed by atoms with E-state index in [1.165, 1.54) is 5.69 Å². The summed E-state index contributed by atoms with van der Waals surface area (Å²) in [6.07, 6.45) is 1.64. The van der Waals surface area contributed by atoms with Gasteiger partial charge in [-0.25, -0.2) is 5.43 Å². The Bertz CT molecular complexity index is 868. The molecular formula is C20H21Br2N3O3. The van der Waals surface area contributed by atoms with Crippen molar-refractivity contribution in [3.63, 3.8) is 0 Å². The van der Waals surface area contributed by atoms with E-state index in [0.717, 1.165) is 46.4 Å². The summed E-state index contributed by atoms with van der Waals surface area (Å²) in [4.78, 5) is 14.2. The number of hydrazone groups is 1. The molecule has 3 rings (SSSR count). The molecule has 6 nitrogen and oxygen atoms in total. The molecule has 0 radical (unpaired) electrons. The van der Waals surface area contributed by atoms with Crippen LogP contribution in [0.5, 0.6) is 5.75 Å². The second-order valence-electron chi connectivity index (χ2n) is 6.30. The normalized spacial score (nSPS) is 14.3. The Morgan fingerprint density at radius 3 is 2.75 bits per heavy atom. The number of rotatable bonds is 6. The first-order valence-electron chi connectivity index (χ1n) is 8.86. The highest BCUT2D eigenvalue weighted by atomic mass is 79.9. The van der Waals surface area contributed by atoms with E-state index >= 15 is 0 Å². The van der Waals surface area contributed by atoms with Crippen molar-refractivity contribution >= 4 is 49.7 Å². The van der Waals surface area contributed by atoms with E-state index in [0.29, 0.717) is 5.75 Å². The SMILES string of the molecule is Cc1cc(N2CCOCC2)ccc1/C=N/NC(=O)COc1ccc(Br)cc1Br. The smallest absolute Gasteiger partial charge is 0.277 e. The zero-order valence-corrected chi connectivity index (χ0v) is 18.6. The third-order valence-corrected chi connectivity index (χ3v) is 5.39. The molecule has 1 amide bonds. The van der Waals surface area contributed by atoms with Crippen LogP contribution < -0.4 is 15.1 Å². The van der Waals surface area contributed by atoms with Gasteiger partial charge < -0.3 is 14.4 Å². The van der Waals surface area contributed by atoms with Gasteiger partial charge in [-0.15, -0.1) is 0 Å². The molecule has 1 aliphatic rings. The summed E-state index contributed by atoms with van der Waals surface area (Å²) >= 11 is 6.77. The Morgan fingerprint density at radius 1 is 1.25 bits per heavy atom. The minimum atomic E-state index is -0.325. The topological polar surface area (TPSA) is 63.2 Å². The number of benzene rings is 2. The number of halogens is 2. The average Bonchev–Trinajstić information content (AvgIpc) is 2.69. The lowest BCUT2D eigenvalue weighted by molar-refractivity contribution is -0.123. The Labute approximate surface area is 181 Å². The minimum absolute atomic E-state index is 0.119. The van der Waals surface area contributed by atoms with Crippen molar-refractivity contribution in [2.24, 2.45) is 5.10 Å². The van der Waals surface area contributed by atoms with E-state index in [1.807, 2.05) is 25.1 Å². The number of carbonyl (C=O) groups is 1. The van der Waals surface area contributed by atoms with Crippen molar-refractivity contribution in [2.45, 2.75) is 6.92 Å². The van der Waals surface area contributed by atoms with Crippen molar-refractivity contribution in [3.8, 4) is 5.75 Å². The third-order valence-electron chi connectivity index (χ3n) is 4.28. The lowest BCUT2D eigenvalue weighted by Crippen LogP contribution is -2.36. The van der Waals surface area contributed by atoms with Gasteiger partial charge in [-0.1, -0.05) is 22.0 Å². The molecule has 0 bridgehead atoms. The maximum atomic E-state index is 11.9. The molecule has 1 aliphatic heterocycles. The van der Waals surface area contributed by atoms with Gasteiger partial charge in [0.25, 0.3) is 5.91 Å². The van der Waals surface area contributed by atoms with Crippen LogP contribution in [0.3, 0.4) is 0 Å². The Morgan fingerprint density at radius 2 is 2.04 bits per heavy atom. The molecule has 1 saturated heterocycles. The van der Waals surface area contributed by atoms with Crippen LogP contribution in [0.25, 0.3) is 0 Å². The molecule has 2 aromatic rings. The first-order chi connectivity index (χ1) is 13.5. The largest absolute Gasteiger partial charge is 0.483 e. The molecule has 0 unspecified atom stereocenters. The van der Waals surface area contributed by atoms with Gasteiger partial charge in [-0.2, -0.15) is 5.10 Å². The molecule has 28 heavy (non-hydrogen) atoms. The van der Waals surface area contributed by atoms with E-state index in [2.05, 4.69) is 59.4 Å². The van der Waals surface area contributed by atoms with Crippen LogP contribution in [0.1, 0.15) is 11.1 Å². The van der Waals surface area contributed by atoms with Gasteiger partial charge in [0.2, 0.25) is 0 Å². The van der Waals surface area contributed by atoms with E-state index in [4.69, 9.17) is 9.47 Å². The van der Waals surface area contributed by atoms with Crippen LogP contribution in [-0.2, 0) is 9.53 Å². The maximum absolute atomic E-state index is 11.9. The number of nitrogens with one attached hydrogen (secondary N) is 1.